The lowest BCUT2D eigenvalue weighted by Gasteiger charge is -2.31. The number of nitrogens with zero attached hydrogens (tertiary/aromatic N) is 3. The topological polar surface area (TPSA) is 98.4 Å². The minimum absolute atomic E-state index is 0.0285. The molecule has 2 N–H and O–H groups in total. The molecule has 1 aromatic heterocycles. The Morgan fingerprint density at radius 3 is 2.52 bits per heavy atom. The summed E-state index contributed by atoms with van der Waals surface area (Å²) >= 11 is 5.90. The van der Waals surface area contributed by atoms with Crippen LogP contribution in [0.15, 0.2) is 53.4 Å². The first-order valence-corrected chi connectivity index (χ1v) is 9.81. The zero-order valence-electron chi connectivity index (χ0n) is 14.3. The van der Waals surface area contributed by atoms with E-state index in [1.165, 1.54) is 23.5 Å². The molecule has 27 heavy (non-hydrogen) atoms. The van der Waals surface area contributed by atoms with Crippen molar-refractivity contribution in [3.05, 3.63) is 59.1 Å². The molecular formula is C18H15ClN4O3S. The Morgan fingerprint density at radius 2 is 1.81 bits per heavy atom. The van der Waals surface area contributed by atoms with Gasteiger partial charge in [-0.15, -0.1) is 0 Å². The number of sulfonamides is 1. The monoisotopic (exact) mass is 402 g/mol. The fraction of sp³-hybridized carbons (Fsp3) is 0.111. The molecule has 0 saturated carbocycles. The second kappa shape index (κ2) is 6.40. The number of halogens is 1. The zero-order chi connectivity index (χ0) is 19.2. The van der Waals surface area contributed by atoms with Crippen LogP contribution < -0.4 is 14.8 Å². The van der Waals surface area contributed by atoms with Crippen LogP contribution >= 0.6 is 11.6 Å². The number of hydrogen-bond donors (Lipinski definition) is 1. The molecule has 2 heterocycles. The van der Waals surface area contributed by atoms with Crippen molar-refractivity contribution >= 4 is 33.3 Å². The quantitative estimate of drug-likeness (QED) is 0.722. The van der Waals surface area contributed by atoms with Gasteiger partial charge in [-0.1, -0.05) is 29.8 Å². The van der Waals surface area contributed by atoms with E-state index in [1.54, 1.807) is 30.3 Å². The average Bonchev–Trinajstić information content (AvgIpc) is 2.67. The first-order chi connectivity index (χ1) is 12.9. The molecular weight excluding hydrogens is 388 g/mol. The van der Waals surface area contributed by atoms with Crippen molar-refractivity contribution in [1.29, 1.82) is 0 Å². The molecule has 0 fully saturated rings. The number of ether oxygens (including phenoxy) is 1. The maximum absolute atomic E-state index is 13.3. The van der Waals surface area contributed by atoms with Gasteiger partial charge < -0.3 is 10.5 Å². The summed E-state index contributed by atoms with van der Waals surface area (Å²) in [7, 11) is -2.38. The van der Waals surface area contributed by atoms with Gasteiger partial charge in [0.1, 0.15) is 0 Å². The average molecular weight is 403 g/mol. The Balaban J connectivity index is 1.93. The highest BCUT2D eigenvalue weighted by molar-refractivity contribution is 7.92. The predicted octanol–water partition coefficient (Wildman–Crippen LogP) is 3.10. The van der Waals surface area contributed by atoms with Crippen LogP contribution in [0, 0.1) is 0 Å². The van der Waals surface area contributed by atoms with E-state index in [0.717, 1.165) is 0 Å². The molecule has 0 saturated heterocycles. The molecule has 0 amide bonds. The van der Waals surface area contributed by atoms with Crippen molar-refractivity contribution in [2.75, 3.05) is 17.1 Å². The normalized spacial score (nSPS) is 13.0. The maximum atomic E-state index is 13.3. The van der Waals surface area contributed by atoms with E-state index in [4.69, 9.17) is 22.1 Å². The highest BCUT2D eigenvalue weighted by atomic mass is 35.5. The molecule has 2 aromatic carbocycles. The van der Waals surface area contributed by atoms with Gasteiger partial charge in [0.15, 0.2) is 0 Å². The summed E-state index contributed by atoms with van der Waals surface area (Å²) in [6.07, 6.45) is 0. The molecule has 9 heteroatoms. The highest BCUT2D eigenvalue weighted by Crippen LogP contribution is 2.43. The molecule has 138 valence electrons. The third-order valence-electron chi connectivity index (χ3n) is 4.31. The lowest BCUT2D eigenvalue weighted by molar-refractivity contribution is 0.392. The molecule has 0 radical (unpaired) electrons. The summed E-state index contributed by atoms with van der Waals surface area (Å²) in [5.74, 6) is 0.317. The molecule has 0 bridgehead atoms. The molecule has 0 unspecified atom stereocenters. The molecule has 1 aliphatic heterocycles. The van der Waals surface area contributed by atoms with Gasteiger partial charge in [-0.2, -0.15) is 4.98 Å². The summed E-state index contributed by atoms with van der Waals surface area (Å²) in [6.45, 7) is 0.0285. The van der Waals surface area contributed by atoms with Crippen LogP contribution in [0.1, 0.15) is 5.56 Å². The summed E-state index contributed by atoms with van der Waals surface area (Å²) in [6, 6.07) is 13.2. The zero-order valence-corrected chi connectivity index (χ0v) is 15.8. The number of benzene rings is 2. The summed E-state index contributed by atoms with van der Waals surface area (Å²) in [4.78, 5) is 8.54. The molecule has 7 nitrogen and oxygen atoms in total. The van der Waals surface area contributed by atoms with Crippen LogP contribution in [0.2, 0.25) is 5.02 Å². The van der Waals surface area contributed by atoms with Crippen molar-refractivity contribution < 1.29 is 13.2 Å². The fourth-order valence-electron chi connectivity index (χ4n) is 3.08. The second-order valence-electron chi connectivity index (χ2n) is 5.90. The standard InChI is InChI=1S/C18H15ClN4O3S/c1-26-17-14-10-23(27(24,25)12-8-6-11(19)7-9-12)15-5-3-2-4-13(15)16(14)21-18(20)22-17/h2-9H,10H2,1H3,(H2,20,21,22). The molecule has 1 aliphatic rings. The highest BCUT2D eigenvalue weighted by Gasteiger charge is 2.34. The number of aromatic nitrogens is 2. The number of nitrogen functional groups attached to an aromatic ring is 1. The Morgan fingerprint density at radius 1 is 1.11 bits per heavy atom. The van der Waals surface area contributed by atoms with Crippen molar-refractivity contribution in [3.63, 3.8) is 0 Å². The fourth-order valence-corrected chi connectivity index (χ4v) is 4.66. The van der Waals surface area contributed by atoms with E-state index in [2.05, 4.69) is 9.97 Å². The van der Waals surface area contributed by atoms with Crippen molar-refractivity contribution in [2.45, 2.75) is 11.4 Å². The largest absolute Gasteiger partial charge is 0.481 e. The van der Waals surface area contributed by atoms with Crippen molar-refractivity contribution in [2.24, 2.45) is 0 Å². The van der Waals surface area contributed by atoms with Crippen LogP contribution in [0.5, 0.6) is 5.88 Å². The van der Waals surface area contributed by atoms with Gasteiger partial charge in [0.05, 0.1) is 35.5 Å². The lowest BCUT2D eigenvalue weighted by Crippen LogP contribution is -2.34. The van der Waals surface area contributed by atoms with Crippen molar-refractivity contribution in [1.82, 2.24) is 9.97 Å². The van der Waals surface area contributed by atoms with Gasteiger partial charge in [0.25, 0.3) is 10.0 Å². The molecule has 0 spiro atoms. The van der Waals surface area contributed by atoms with Crippen LogP contribution in [0.25, 0.3) is 11.3 Å². The number of rotatable bonds is 3. The third-order valence-corrected chi connectivity index (χ3v) is 6.34. The molecule has 0 aliphatic carbocycles. The number of nitrogens with two attached hydrogens (primary N) is 1. The first kappa shape index (κ1) is 17.6. The minimum atomic E-state index is -3.84. The molecule has 4 rings (SSSR count). The van der Waals surface area contributed by atoms with Gasteiger partial charge in [-0.3, -0.25) is 4.31 Å². The second-order valence-corrected chi connectivity index (χ2v) is 8.20. The first-order valence-electron chi connectivity index (χ1n) is 8.00. The molecule has 0 atom stereocenters. The van der Waals surface area contributed by atoms with Gasteiger partial charge >= 0.3 is 0 Å². The van der Waals surface area contributed by atoms with Gasteiger partial charge in [0, 0.05) is 10.6 Å². The Kier molecular flexibility index (Phi) is 4.16. The summed E-state index contributed by atoms with van der Waals surface area (Å²) < 4.78 is 33.3. The number of para-hydroxylation sites is 1. The predicted molar refractivity (Wildman–Crippen MR) is 103 cm³/mol. The molecule has 3 aromatic rings. The number of methoxy groups -OCH3 is 1. The smallest absolute Gasteiger partial charge is 0.264 e. The van der Waals surface area contributed by atoms with Gasteiger partial charge in [-0.05, 0) is 30.3 Å². The number of fused-ring (bicyclic) bond motifs is 3. The third kappa shape index (κ3) is 2.87. The van der Waals surface area contributed by atoms with E-state index >= 15 is 0 Å². The number of hydrogen-bond acceptors (Lipinski definition) is 6. The summed E-state index contributed by atoms with van der Waals surface area (Å²) in [5.41, 5.74) is 8.08. The maximum Gasteiger partial charge on any atom is 0.264 e. The van der Waals surface area contributed by atoms with E-state index in [0.29, 0.717) is 27.5 Å². The van der Waals surface area contributed by atoms with Crippen LogP contribution in [-0.4, -0.2) is 25.5 Å². The van der Waals surface area contributed by atoms with Crippen LogP contribution in [-0.2, 0) is 16.6 Å². The Bertz CT molecular complexity index is 1130. The van der Waals surface area contributed by atoms with E-state index in [-0.39, 0.29) is 23.3 Å². The Labute approximate surface area is 161 Å². The van der Waals surface area contributed by atoms with E-state index in [1.807, 2.05) is 6.07 Å². The lowest BCUT2D eigenvalue weighted by atomic mass is 10.0. The Hall–Kier alpha value is -2.84. The van der Waals surface area contributed by atoms with E-state index < -0.39 is 10.0 Å². The van der Waals surface area contributed by atoms with Crippen LogP contribution in [0.3, 0.4) is 0 Å². The van der Waals surface area contributed by atoms with Gasteiger partial charge in [-0.25, -0.2) is 13.4 Å². The minimum Gasteiger partial charge on any atom is -0.481 e. The van der Waals surface area contributed by atoms with Crippen molar-refractivity contribution in [3.8, 4) is 17.1 Å². The summed E-state index contributed by atoms with van der Waals surface area (Å²) in [5, 5.41) is 0.462. The number of anilines is 2. The SMILES string of the molecule is COc1nc(N)nc2c1CN(S(=O)(=O)c1ccc(Cl)cc1)c1ccccc1-2. The van der Waals surface area contributed by atoms with Gasteiger partial charge in [0.2, 0.25) is 11.8 Å². The van der Waals surface area contributed by atoms with Crippen LogP contribution in [0.4, 0.5) is 11.6 Å². The van der Waals surface area contributed by atoms with E-state index in [9.17, 15) is 8.42 Å².